The number of aliphatic hydroxyl groups excluding tert-OH is 1. The minimum absolute atomic E-state index is 0.102. The number of ether oxygens (including phenoxy) is 1. The molecule has 0 spiro atoms. The smallest absolute Gasteiger partial charge is 0.134 e. The third-order valence-corrected chi connectivity index (χ3v) is 2.35. The summed E-state index contributed by atoms with van der Waals surface area (Å²) in [5, 5.41) is 8.71. The van der Waals surface area contributed by atoms with E-state index in [2.05, 4.69) is 18.8 Å². The molecule has 17 heavy (non-hydrogen) atoms. The van der Waals surface area contributed by atoms with Gasteiger partial charge < -0.3 is 9.84 Å². The normalized spacial score (nSPS) is 9.59. The van der Waals surface area contributed by atoms with Crippen molar-refractivity contribution in [2.45, 2.75) is 33.1 Å². The van der Waals surface area contributed by atoms with Crippen LogP contribution in [0.5, 0.6) is 5.75 Å². The van der Waals surface area contributed by atoms with Crippen molar-refractivity contribution in [1.82, 2.24) is 0 Å². The number of aliphatic hydroxyl groups is 1. The van der Waals surface area contributed by atoms with Crippen LogP contribution in [0.25, 0.3) is 0 Å². The van der Waals surface area contributed by atoms with E-state index in [0.29, 0.717) is 6.42 Å². The highest BCUT2D eigenvalue weighted by molar-refractivity contribution is 5.48. The average Bonchev–Trinajstić information content (AvgIpc) is 2.32. The summed E-state index contributed by atoms with van der Waals surface area (Å²) < 4.78 is 5.70. The Balaban J connectivity index is 2.77. The van der Waals surface area contributed by atoms with E-state index in [-0.39, 0.29) is 6.61 Å². The lowest BCUT2D eigenvalue weighted by molar-refractivity contribution is 0.304. The van der Waals surface area contributed by atoms with Crippen LogP contribution in [0.2, 0.25) is 0 Å². The summed E-state index contributed by atoms with van der Waals surface area (Å²) >= 11 is 0. The highest BCUT2D eigenvalue weighted by Crippen LogP contribution is 2.19. The molecule has 2 nitrogen and oxygen atoms in total. The highest BCUT2D eigenvalue weighted by Gasteiger charge is 2.01. The maximum atomic E-state index is 8.71. The van der Waals surface area contributed by atoms with Gasteiger partial charge in [0, 0.05) is 6.42 Å². The molecule has 0 aliphatic heterocycles. The molecule has 2 heteroatoms. The molecule has 0 fully saturated rings. The van der Waals surface area contributed by atoms with Gasteiger partial charge in [0.15, 0.2) is 0 Å². The van der Waals surface area contributed by atoms with E-state index < -0.39 is 0 Å². The van der Waals surface area contributed by atoms with Crippen LogP contribution in [0.15, 0.2) is 18.2 Å². The minimum atomic E-state index is 0.102. The molecule has 1 rings (SSSR count). The summed E-state index contributed by atoms with van der Waals surface area (Å²) in [6.07, 6.45) is 2.68. The summed E-state index contributed by atoms with van der Waals surface area (Å²) in [4.78, 5) is 0. The molecule has 0 aromatic heterocycles. The Morgan fingerprint density at radius 2 is 2.18 bits per heavy atom. The lowest BCUT2D eigenvalue weighted by Crippen LogP contribution is -1.98. The Hall–Kier alpha value is -1.46. The molecule has 0 heterocycles. The predicted molar refractivity (Wildman–Crippen MR) is 70.2 cm³/mol. The van der Waals surface area contributed by atoms with E-state index in [1.165, 1.54) is 5.56 Å². The fraction of sp³-hybridized carbons (Fsp3) is 0.467. The molecule has 0 atom stereocenters. The second-order valence-corrected chi connectivity index (χ2v) is 3.98. The summed E-state index contributed by atoms with van der Waals surface area (Å²) in [5.74, 6) is 6.82. The van der Waals surface area contributed by atoms with E-state index in [0.717, 1.165) is 30.8 Å². The topological polar surface area (TPSA) is 29.5 Å². The quantitative estimate of drug-likeness (QED) is 0.625. The van der Waals surface area contributed by atoms with Gasteiger partial charge in [-0.1, -0.05) is 31.3 Å². The molecule has 0 aliphatic carbocycles. The summed E-state index contributed by atoms with van der Waals surface area (Å²) in [6, 6.07) is 6.01. The number of unbranched alkanes of at least 4 members (excludes halogenated alkanes) is 1. The molecule has 1 aromatic carbocycles. The zero-order valence-corrected chi connectivity index (χ0v) is 10.6. The largest absolute Gasteiger partial charge is 0.492 e. The predicted octanol–water partition coefficient (Wildman–Crippen LogP) is 2.91. The number of hydrogen-bond acceptors (Lipinski definition) is 2. The van der Waals surface area contributed by atoms with Gasteiger partial charge in [0.2, 0.25) is 0 Å². The molecule has 0 unspecified atom stereocenters. The second-order valence-electron chi connectivity index (χ2n) is 3.98. The Kier molecular flexibility index (Phi) is 6.21. The maximum absolute atomic E-state index is 8.71. The Labute approximate surface area is 104 Å². The SMILES string of the molecule is CCCCOc1ccc(C)cc1C#CCCO. The van der Waals surface area contributed by atoms with Gasteiger partial charge in [-0.2, -0.15) is 0 Å². The van der Waals surface area contributed by atoms with Crippen molar-refractivity contribution in [1.29, 1.82) is 0 Å². The van der Waals surface area contributed by atoms with E-state index in [4.69, 9.17) is 9.84 Å². The molecular formula is C15H20O2. The first-order valence-corrected chi connectivity index (χ1v) is 6.11. The second kappa shape index (κ2) is 7.76. The molecule has 0 saturated carbocycles. The van der Waals surface area contributed by atoms with E-state index in [9.17, 15) is 0 Å². The molecule has 0 bridgehead atoms. The van der Waals surface area contributed by atoms with Crippen molar-refractivity contribution < 1.29 is 9.84 Å². The lowest BCUT2D eigenvalue weighted by Gasteiger charge is -2.08. The van der Waals surface area contributed by atoms with Gasteiger partial charge in [-0.25, -0.2) is 0 Å². The van der Waals surface area contributed by atoms with Gasteiger partial charge in [-0.15, -0.1) is 0 Å². The van der Waals surface area contributed by atoms with Crippen LogP contribution in [0.1, 0.15) is 37.3 Å². The first kappa shape index (κ1) is 13.6. The Bertz CT molecular complexity index is 399. The Morgan fingerprint density at radius 1 is 1.35 bits per heavy atom. The highest BCUT2D eigenvalue weighted by atomic mass is 16.5. The summed E-state index contributed by atoms with van der Waals surface area (Å²) in [5.41, 5.74) is 2.08. The molecule has 0 aliphatic rings. The molecule has 0 radical (unpaired) electrons. The van der Waals surface area contributed by atoms with Crippen LogP contribution < -0.4 is 4.74 Å². The third-order valence-electron chi connectivity index (χ3n) is 2.35. The van der Waals surface area contributed by atoms with Gasteiger partial charge in [0.05, 0.1) is 18.8 Å². The summed E-state index contributed by atoms with van der Waals surface area (Å²) in [6.45, 7) is 5.01. The molecule has 1 N–H and O–H groups in total. The van der Waals surface area contributed by atoms with Crippen LogP contribution in [0.3, 0.4) is 0 Å². The van der Waals surface area contributed by atoms with Crippen LogP contribution in [-0.4, -0.2) is 18.3 Å². The number of benzene rings is 1. The number of hydrogen-bond donors (Lipinski definition) is 1. The van der Waals surface area contributed by atoms with Gasteiger partial charge in [0.1, 0.15) is 5.75 Å². The van der Waals surface area contributed by atoms with E-state index >= 15 is 0 Å². The number of aryl methyl sites for hydroxylation is 1. The van der Waals surface area contributed by atoms with Crippen molar-refractivity contribution in [3.8, 4) is 17.6 Å². The molecular weight excluding hydrogens is 212 g/mol. The fourth-order valence-corrected chi connectivity index (χ4v) is 1.41. The van der Waals surface area contributed by atoms with Gasteiger partial charge in [-0.05, 0) is 31.0 Å². The molecule has 1 aromatic rings. The zero-order chi connectivity index (χ0) is 12.5. The third kappa shape index (κ3) is 4.93. The maximum Gasteiger partial charge on any atom is 0.134 e. The molecule has 0 saturated heterocycles. The minimum Gasteiger partial charge on any atom is -0.492 e. The van der Waals surface area contributed by atoms with E-state index in [1.807, 2.05) is 25.1 Å². The van der Waals surface area contributed by atoms with Gasteiger partial charge >= 0.3 is 0 Å². The standard InChI is InChI=1S/C15H20O2/c1-3-4-11-17-15-9-8-13(2)12-14(15)7-5-6-10-16/h8-9,12,16H,3-4,6,10-11H2,1-2H3. The van der Waals surface area contributed by atoms with Crippen LogP contribution in [-0.2, 0) is 0 Å². The van der Waals surface area contributed by atoms with Crippen molar-refractivity contribution in [3.63, 3.8) is 0 Å². The van der Waals surface area contributed by atoms with Crippen LogP contribution >= 0.6 is 0 Å². The van der Waals surface area contributed by atoms with Crippen molar-refractivity contribution in [2.24, 2.45) is 0 Å². The van der Waals surface area contributed by atoms with E-state index in [1.54, 1.807) is 0 Å². The first-order chi connectivity index (χ1) is 8.27. The first-order valence-electron chi connectivity index (χ1n) is 6.11. The van der Waals surface area contributed by atoms with Crippen LogP contribution in [0, 0.1) is 18.8 Å². The fourth-order valence-electron chi connectivity index (χ4n) is 1.41. The van der Waals surface area contributed by atoms with Crippen molar-refractivity contribution in [2.75, 3.05) is 13.2 Å². The number of rotatable bonds is 5. The lowest BCUT2D eigenvalue weighted by atomic mass is 10.1. The van der Waals surface area contributed by atoms with Gasteiger partial charge in [0.25, 0.3) is 0 Å². The summed E-state index contributed by atoms with van der Waals surface area (Å²) in [7, 11) is 0. The Morgan fingerprint density at radius 3 is 2.88 bits per heavy atom. The average molecular weight is 232 g/mol. The van der Waals surface area contributed by atoms with Crippen molar-refractivity contribution >= 4 is 0 Å². The molecule has 0 amide bonds. The van der Waals surface area contributed by atoms with Crippen LogP contribution in [0.4, 0.5) is 0 Å². The monoisotopic (exact) mass is 232 g/mol. The zero-order valence-electron chi connectivity index (χ0n) is 10.6. The molecule has 92 valence electrons. The van der Waals surface area contributed by atoms with Crippen molar-refractivity contribution in [3.05, 3.63) is 29.3 Å². The van der Waals surface area contributed by atoms with Gasteiger partial charge in [-0.3, -0.25) is 0 Å².